The number of rotatable bonds is 8. The van der Waals surface area contributed by atoms with Gasteiger partial charge in [0.1, 0.15) is 5.75 Å². The maximum Gasteiger partial charge on any atom is 0.262 e. The highest BCUT2D eigenvalue weighted by atomic mass is 32.2. The van der Waals surface area contributed by atoms with Crippen LogP contribution < -0.4 is 10.3 Å². The fourth-order valence-corrected chi connectivity index (χ4v) is 4.32. The first-order valence-corrected chi connectivity index (χ1v) is 11.2. The van der Waals surface area contributed by atoms with Crippen LogP contribution in [0.5, 0.6) is 5.75 Å². The van der Waals surface area contributed by atoms with Gasteiger partial charge in [0.25, 0.3) is 5.56 Å². The fourth-order valence-electron chi connectivity index (χ4n) is 3.50. The molecule has 0 fully saturated rings. The Labute approximate surface area is 184 Å². The van der Waals surface area contributed by atoms with E-state index >= 15 is 0 Å². The quantitative estimate of drug-likeness (QED) is 0.306. The van der Waals surface area contributed by atoms with E-state index in [1.165, 1.54) is 11.8 Å². The third-order valence-electron chi connectivity index (χ3n) is 5.15. The molecular formula is C23H24N4O3S. The molecule has 8 heteroatoms. The number of thioether (sulfide) groups is 1. The van der Waals surface area contributed by atoms with Crippen molar-refractivity contribution in [3.05, 3.63) is 64.4 Å². The number of aromatic nitrogens is 4. The zero-order valence-electron chi connectivity index (χ0n) is 17.7. The number of Topliss-reactive ketones (excluding diaryl/α,β-unsaturated/α-hetero) is 1. The normalized spacial score (nSPS) is 11.5. The lowest BCUT2D eigenvalue weighted by molar-refractivity contribution is 0.101. The molecule has 0 bridgehead atoms. The molecule has 0 saturated heterocycles. The minimum absolute atomic E-state index is 0.0587. The Morgan fingerprint density at radius 2 is 1.84 bits per heavy atom. The summed E-state index contributed by atoms with van der Waals surface area (Å²) in [5, 5.41) is 9.81. The molecule has 2 heterocycles. The van der Waals surface area contributed by atoms with Crippen molar-refractivity contribution in [2.75, 3.05) is 12.9 Å². The standard InChI is InChI=1S/C23H24N4O3S/c1-15(2)12-13-26-21(29)16-8-4-6-10-18(16)27-22(26)24-25-23(27)31-14-19(28)17-9-5-7-11-20(17)30-3/h4-11,15H,12-14H2,1-3H3. The predicted molar refractivity (Wildman–Crippen MR) is 122 cm³/mol. The number of nitrogens with zero attached hydrogens (tertiary/aromatic N) is 4. The first kappa shape index (κ1) is 21.1. The van der Waals surface area contributed by atoms with E-state index in [1.54, 1.807) is 23.8 Å². The molecule has 4 rings (SSSR count). The lowest BCUT2D eigenvalue weighted by Gasteiger charge is -2.12. The number of carbonyl (C=O) groups is 1. The molecule has 0 spiro atoms. The van der Waals surface area contributed by atoms with Crippen LogP contribution in [-0.2, 0) is 6.54 Å². The summed E-state index contributed by atoms with van der Waals surface area (Å²) in [7, 11) is 1.55. The number of aryl methyl sites for hydroxylation is 1. The maximum atomic E-state index is 13.1. The maximum absolute atomic E-state index is 13.1. The molecule has 0 aliphatic carbocycles. The lowest BCUT2D eigenvalue weighted by atomic mass is 10.1. The average Bonchev–Trinajstić information content (AvgIpc) is 3.21. The van der Waals surface area contributed by atoms with Crippen molar-refractivity contribution in [3.8, 4) is 5.75 Å². The van der Waals surface area contributed by atoms with E-state index in [0.717, 1.165) is 11.9 Å². The van der Waals surface area contributed by atoms with E-state index in [-0.39, 0.29) is 17.1 Å². The van der Waals surface area contributed by atoms with Crippen molar-refractivity contribution in [3.63, 3.8) is 0 Å². The molecule has 0 aliphatic heterocycles. The van der Waals surface area contributed by atoms with Gasteiger partial charge in [-0.15, -0.1) is 10.2 Å². The summed E-state index contributed by atoms with van der Waals surface area (Å²) in [5.41, 5.74) is 1.20. The Kier molecular flexibility index (Phi) is 6.08. The van der Waals surface area contributed by atoms with E-state index in [9.17, 15) is 9.59 Å². The van der Waals surface area contributed by atoms with Crippen molar-refractivity contribution in [2.24, 2.45) is 5.92 Å². The Bertz CT molecular complexity index is 1310. The van der Waals surface area contributed by atoms with Crippen LogP contribution in [0.1, 0.15) is 30.6 Å². The second kappa shape index (κ2) is 8.93. The van der Waals surface area contributed by atoms with Crippen LogP contribution in [-0.4, -0.2) is 37.8 Å². The van der Waals surface area contributed by atoms with Crippen molar-refractivity contribution < 1.29 is 9.53 Å². The third-order valence-corrected chi connectivity index (χ3v) is 6.08. The highest BCUT2D eigenvalue weighted by molar-refractivity contribution is 7.99. The number of carbonyl (C=O) groups excluding carboxylic acids is 1. The van der Waals surface area contributed by atoms with Crippen LogP contribution >= 0.6 is 11.8 Å². The number of benzene rings is 2. The van der Waals surface area contributed by atoms with Crippen molar-refractivity contribution >= 4 is 34.2 Å². The van der Waals surface area contributed by atoms with E-state index in [0.29, 0.717) is 40.1 Å². The van der Waals surface area contributed by atoms with Crippen LogP contribution in [0.3, 0.4) is 0 Å². The smallest absolute Gasteiger partial charge is 0.262 e. The van der Waals surface area contributed by atoms with Crippen LogP contribution in [0.4, 0.5) is 0 Å². The molecule has 2 aromatic heterocycles. The van der Waals surface area contributed by atoms with Crippen LogP contribution in [0.25, 0.3) is 16.7 Å². The minimum atomic E-state index is -0.0715. The molecule has 0 N–H and O–H groups in total. The van der Waals surface area contributed by atoms with Crippen molar-refractivity contribution in [2.45, 2.75) is 32.0 Å². The summed E-state index contributed by atoms with van der Waals surface area (Å²) in [6.45, 7) is 4.81. The summed E-state index contributed by atoms with van der Waals surface area (Å²) >= 11 is 1.30. The summed E-state index contributed by atoms with van der Waals surface area (Å²) in [6, 6.07) is 14.6. The highest BCUT2D eigenvalue weighted by Crippen LogP contribution is 2.25. The molecule has 0 radical (unpaired) electrons. The largest absolute Gasteiger partial charge is 0.496 e. The molecule has 0 saturated carbocycles. The third kappa shape index (κ3) is 4.07. The highest BCUT2D eigenvalue weighted by Gasteiger charge is 2.19. The molecule has 160 valence electrons. The Hall–Kier alpha value is -3.13. The van der Waals surface area contributed by atoms with Gasteiger partial charge in [0.15, 0.2) is 10.9 Å². The predicted octanol–water partition coefficient (Wildman–Crippen LogP) is 4.07. The summed E-state index contributed by atoms with van der Waals surface area (Å²) < 4.78 is 8.86. The van der Waals surface area contributed by atoms with Gasteiger partial charge in [-0.1, -0.05) is 49.9 Å². The van der Waals surface area contributed by atoms with Gasteiger partial charge in [-0.05, 0) is 36.6 Å². The number of para-hydroxylation sites is 2. The first-order valence-electron chi connectivity index (χ1n) is 10.2. The second-order valence-electron chi connectivity index (χ2n) is 7.69. The van der Waals surface area contributed by atoms with Gasteiger partial charge in [0, 0.05) is 6.54 Å². The van der Waals surface area contributed by atoms with Gasteiger partial charge in [0.05, 0.1) is 29.3 Å². The Morgan fingerprint density at radius 3 is 2.61 bits per heavy atom. The van der Waals surface area contributed by atoms with E-state index < -0.39 is 0 Å². The van der Waals surface area contributed by atoms with Gasteiger partial charge in [-0.2, -0.15) is 0 Å². The second-order valence-corrected chi connectivity index (χ2v) is 8.63. The van der Waals surface area contributed by atoms with Crippen molar-refractivity contribution in [1.82, 2.24) is 19.2 Å². The summed E-state index contributed by atoms with van der Waals surface area (Å²) in [4.78, 5) is 25.9. The number of ketones is 1. The van der Waals surface area contributed by atoms with E-state index in [2.05, 4.69) is 24.0 Å². The molecule has 0 atom stereocenters. The number of ether oxygens (including phenoxy) is 1. The van der Waals surface area contributed by atoms with Gasteiger partial charge in [-0.25, -0.2) is 0 Å². The Balaban J connectivity index is 1.74. The van der Waals surface area contributed by atoms with Crippen LogP contribution in [0.2, 0.25) is 0 Å². The molecular weight excluding hydrogens is 412 g/mol. The molecule has 0 amide bonds. The Morgan fingerprint density at radius 1 is 1.10 bits per heavy atom. The number of hydrogen-bond donors (Lipinski definition) is 0. The molecule has 2 aromatic carbocycles. The number of hydrogen-bond acceptors (Lipinski definition) is 6. The summed E-state index contributed by atoms with van der Waals surface area (Å²) in [6.07, 6.45) is 0.857. The monoisotopic (exact) mass is 436 g/mol. The topological polar surface area (TPSA) is 78.5 Å². The van der Waals surface area contributed by atoms with Crippen LogP contribution in [0, 0.1) is 5.92 Å². The van der Waals surface area contributed by atoms with Gasteiger partial charge in [-0.3, -0.25) is 18.6 Å². The van der Waals surface area contributed by atoms with E-state index in [4.69, 9.17) is 4.74 Å². The average molecular weight is 437 g/mol. The first-order chi connectivity index (χ1) is 15.0. The number of methoxy groups -OCH3 is 1. The SMILES string of the molecule is COc1ccccc1C(=O)CSc1nnc2n(CCC(C)C)c(=O)c3ccccc3n12. The van der Waals surface area contributed by atoms with Crippen molar-refractivity contribution in [1.29, 1.82) is 0 Å². The van der Waals surface area contributed by atoms with Gasteiger partial charge in [0.2, 0.25) is 5.78 Å². The zero-order valence-corrected chi connectivity index (χ0v) is 18.6. The number of fused-ring (bicyclic) bond motifs is 3. The fraction of sp³-hybridized carbons (Fsp3) is 0.304. The van der Waals surface area contributed by atoms with Gasteiger partial charge >= 0.3 is 0 Å². The van der Waals surface area contributed by atoms with Gasteiger partial charge < -0.3 is 4.74 Å². The molecule has 4 aromatic rings. The van der Waals surface area contributed by atoms with E-state index in [1.807, 2.05) is 40.8 Å². The lowest BCUT2D eigenvalue weighted by Crippen LogP contribution is -2.24. The van der Waals surface area contributed by atoms with Crippen LogP contribution in [0.15, 0.2) is 58.5 Å². The zero-order chi connectivity index (χ0) is 22.0. The molecule has 7 nitrogen and oxygen atoms in total. The summed E-state index contributed by atoms with van der Waals surface area (Å²) in [5.74, 6) is 1.62. The molecule has 0 unspecified atom stereocenters. The minimum Gasteiger partial charge on any atom is -0.496 e. The molecule has 0 aliphatic rings. The molecule has 31 heavy (non-hydrogen) atoms.